The van der Waals surface area contributed by atoms with Crippen molar-refractivity contribution < 1.29 is 13.2 Å². The van der Waals surface area contributed by atoms with Crippen LogP contribution in [0, 0.1) is 0 Å². The minimum Gasteiger partial charge on any atom is -0.377 e. The average molecular weight is 249 g/mol. The van der Waals surface area contributed by atoms with Crippen molar-refractivity contribution in [2.24, 2.45) is 0 Å². The SMILES string of the molecule is CC(C)NCCCS(=O)(=O)CC1CCCO1. The molecule has 4 nitrogen and oxygen atoms in total. The lowest BCUT2D eigenvalue weighted by molar-refractivity contribution is 0.127. The molecule has 0 saturated carbocycles. The molecule has 1 unspecified atom stereocenters. The first kappa shape index (κ1) is 13.9. The lowest BCUT2D eigenvalue weighted by Gasteiger charge is -2.11. The van der Waals surface area contributed by atoms with Crippen LogP contribution in [0.1, 0.15) is 33.1 Å². The zero-order chi connectivity index (χ0) is 12.0. The normalized spacial score (nSPS) is 21.8. The molecule has 1 saturated heterocycles. The van der Waals surface area contributed by atoms with Gasteiger partial charge in [0.15, 0.2) is 9.84 Å². The van der Waals surface area contributed by atoms with Gasteiger partial charge in [-0.25, -0.2) is 8.42 Å². The number of hydrogen-bond donors (Lipinski definition) is 1. The smallest absolute Gasteiger partial charge is 0.152 e. The van der Waals surface area contributed by atoms with Gasteiger partial charge in [-0.1, -0.05) is 13.8 Å². The number of ether oxygens (including phenoxy) is 1. The Hall–Kier alpha value is -0.130. The Bertz CT molecular complexity index is 282. The Kier molecular flexibility index (Phi) is 5.72. The van der Waals surface area contributed by atoms with Crippen LogP contribution in [0.15, 0.2) is 0 Å². The third kappa shape index (κ3) is 5.82. The molecule has 96 valence electrons. The van der Waals surface area contributed by atoms with Gasteiger partial charge < -0.3 is 10.1 Å². The molecule has 1 atom stereocenters. The molecular weight excluding hydrogens is 226 g/mol. The van der Waals surface area contributed by atoms with Gasteiger partial charge in [0.1, 0.15) is 0 Å². The molecule has 1 heterocycles. The van der Waals surface area contributed by atoms with E-state index in [1.54, 1.807) is 0 Å². The number of sulfone groups is 1. The molecule has 0 spiro atoms. The fourth-order valence-electron chi connectivity index (χ4n) is 1.83. The maximum atomic E-state index is 11.7. The van der Waals surface area contributed by atoms with Gasteiger partial charge in [0.25, 0.3) is 0 Å². The van der Waals surface area contributed by atoms with Gasteiger partial charge in [0.2, 0.25) is 0 Å². The quantitative estimate of drug-likeness (QED) is 0.683. The molecule has 1 aliphatic heterocycles. The maximum Gasteiger partial charge on any atom is 0.152 e. The van der Waals surface area contributed by atoms with Crippen molar-refractivity contribution in [1.29, 1.82) is 0 Å². The molecule has 16 heavy (non-hydrogen) atoms. The van der Waals surface area contributed by atoms with Crippen molar-refractivity contribution in [3.63, 3.8) is 0 Å². The molecular formula is C11H23NO3S. The summed E-state index contributed by atoms with van der Waals surface area (Å²) >= 11 is 0. The molecule has 0 bridgehead atoms. The van der Waals surface area contributed by atoms with Gasteiger partial charge in [-0.05, 0) is 25.8 Å². The first-order valence-corrected chi connectivity index (χ1v) is 7.87. The van der Waals surface area contributed by atoms with Gasteiger partial charge in [-0.2, -0.15) is 0 Å². The van der Waals surface area contributed by atoms with Crippen LogP contribution >= 0.6 is 0 Å². The predicted octanol–water partition coefficient (Wildman–Crippen LogP) is 0.968. The van der Waals surface area contributed by atoms with E-state index in [0.717, 1.165) is 26.0 Å². The summed E-state index contributed by atoms with van der Waals surface area (Å²) in [6.07, 6.45) is 2.52. The highest BCUT2D eigenvalue weighted by molar-refractivity contribution is 7.91. The average Bonchev–Trinajstić information content (AvgIpc) is 2.64. The van der Waals surface area contributed by atoms with Crippen LogP contribution in [-0.2, 0) is 14.6 Å². The van der Waals surface area contributed by atoms with Crippen LogP contribution in [0.2, 0.25) is 0 Å². The molecule has 1 N–H and O–H groups in total. The molecule has 0 aromatic heterocycles. The van der Waals surface area contributed by atoms with E-state index in [2.05, 4.69) is 19.2 Å². The standard InChI is InChI=1S/C11H23NO3S/c1-10(2)12-6-4-8-16(13,14)9-11-5-3-7-15-11/h10-12H,3-9H2,1-2H3. The summed E-state index contributed by atoms with van der Waals surface area (Å²) in [5.74, 6) is 0.473. The Morgan fingerprint density at radius 2 is 2.19 bits per heavy atom. The molecule has 0 amide bonds. The van der Waals surface area contributed by atoms with E-state index in [1.165, 1.54) is 0 Å². The Morgan fingerprint density at radius 1 is 1.44 bits per heavy atom. The van der Waals surface area contributed by atoms with Gasteiger partial charge in [-0.15, -0.1) is 0 Å². The highest BCUT2D eigenvalue weighted by Gasteiger charge is 2.22. The number of rotatable bonds is 7. The van der Waals surface area contributed by atoms with E-state index >= 15 is 0 Å². The van der Waals surface area contributed by atoms with Gasteiger partial charge in [0, 0.05) is 12.6 Å². The van der Waals surface area contributed by atoms with Crippen LogP contribution in [0.5, 0.6) is 0 Å². The van der Waals surface area contributed by atoms with Crippen LogP contribution in [0.3, 0.4) is 0 Å². The first-order valence-electron chi connectivity index (χ1n) is 6.05. The van der Waals surface area contributed by atoms with Crippen molar-refractivity contribution >= 4 is 9.84 Å². The predicted molar refractivity (Wildman–Crippen MR) is 65.4 cm³/mol. The van der Waals surface area contributed by atoms with Crippen LogP contribution in [0.4, 0.5) is 0 Å². The highest BCUT2D eigenvalue weighted by Crippen LogP contribution is 2.14. The largest absolute Gasteiger partial charge is 0.377 e. The Labute approximate surface area is 98.7 Å². The summed E-state index contributed by atoms with van der Waals surface area (Å²) in [5, 5.41) is 3.22. The minimum atomic E-state index is -2.93. The Morgan fingerprint density at radius 3 is 2.75 bits per heavy atom. The lowest BCUT2D eigenvalue weighted by atomic mass is 10.3. The molecule has 0 radical (unpaired) electrons. The van der Waals surface area contributed by atoms with Gasteiger partial charge >= 0.3 is 0 Å². The van der Waals surface area contributed by atoms with Gasteiger partial charge in [0.05, 0.1) is 17.6 Å². The molecule has 0 aromatic carbocycles. The minimum absolute atomic E-state index is 0.0527. The zero-order valence-corrected chi connectivity index (χ0v) is 11.1. The summed E-state index contributed by atoms with van der Waals surface area (Å²) in [5.41, 5.74) is 0. The molecule has 1 aliphatic rings. The van der Waals surface area contributed by atoms with Crippen LogP contribution < -0.4 is 5.32 Å². The first-order chi connectivity index (χ1) is 7.49. The van der Waals surface area contributed by atoms with E-state index in [-0.39, 0.29) is 17.6 Å². The molecule has 0 aliphatic carbocycles. The van der Waals surface area contributed by atoms with E-state index in [1.807, 2.05) is 0 Å². The van der Waals surface area contributed by atoms with E-state index in [4.69, 9.17) is 4.74 Å². The second-order valence-corrected chi connectivity index (χ2v) is 6.94. The second kappa shape index (κ2) is 6.57. The third-order valence-electron chi connectivity index (χ3n) is 2.65. The summed E-state index contributed by atoms with van der Waals surface area (Å²) in [6, 6.07) is 0.417. The fourth-order valence-corrected chi connectivity index (χ4v) is 3.41. The van der Waals surface area contributed by atoms with E-state index in [9.17, 15) is 8.42 Å². The van der Waals surface area contributed by atoms with Crippen molar-refractivity contribution in [3.8, 4) is 0 Å². The third-order valence-corrected chi connectivity index (χ3v) is 4.44. The molecule has 1 rings (SSSR count). The Balaban J connectivity index is 2.18. The summed E-state index contributed by atoms with van der Waals surface area (Å²) in [4.78, 5) is 0. The van der Waals surface area contributed by atoms with Crippen LogP contribution in [0.25, 0.3) is 0 Å². The van der Waals surface area contributed by atoms with Crippen molar-refractivity contribution in [2.75, 3.05) is 24.7 Å². The van der Waals surface area contributed by atoms with Crippen molar-refractivity contribution in [1.82, 2.24) is 5.32 Å². The summed E-state index contributed by atoms with van der Waals surface area (Å²) < 4.78 is 28.8. The highest BCUT2D eigenvalue weighted by atomic mass is 32.2. The number of nitrogens with one attached hydrogen (secondary N) is 1. The fraction of sp³-hybridized carbons (Fsp3) is 1.00. The van der Waals surface area contributed by atoms with E-state index in [0.29, 0.717) is 12.5 Å². The molecule has 0 aromatic rings. The topological polar surface area (TPSA) is 55.4 Å². The monoisotopic (exact) mass is 249 g/mol. The molecule has 1 fully saturated rings. The zero-order valence-electron chi connectivity index (χ0n) is 10.2. The van der Waals surface area contributed by atoms with E-state index < -0.39 is 9.84 Å². The van der Waals surface area contributed by atoms with Crippen LogP contribution in [-0.4, -0.2) is 45.2 Å². The van der Waals surface area contributed by atoms with Crippen molar-refractivity contribution in [3.05, 3.63) is 0 Å². The van der Waals surface area contributed by atoms with Gasteiger partial charge in [-0.3, -0.25) is 0 Å². The van der Waals surface area contributed by atoms with Crippen molar-refractivity contribution in [2.45, 2.75) is 45.3 Å². The lowest BCUT2D eigenvalue weighted by Crippen LogP contribution is -2.27. The summed E-state index contributed by atoms with van der Waals surface area (Å²) in [7, 11) is -2.93. The maximum absolute atomic E-state index is 11.7. The molecule has 5 heteroatoms. The number of hydrogen-bond acceptors (Lipinski definition) is 4. The summed E-state index contributed by atoms with van der Waals surface area (Å²) in [6.45, 7) is 5.60. The second-order valence-electron chi connectivity index (χ2n) is 4.71.